The molecule has 1 aromatic rings. The minimum atomic E-state index is -3.57. The average Bonchev–Trinajstić information content (AvgIpc) is 3.12. The number of amides is 1. The highest BCUT2D eigenvalue weighted by Crippen LogP contribution is 2.19. The van der Waals surface area contributed by atoms with E-state index in [2.05, 4.69) is 10.1 Å². The molecule has 0 radical (unpaired) electrons. The number of carbonyl (C=O) groups excluding carboxylic acids is 2. The van der Waals surface area contributed by atoms with Gasteiger partial charge in [0.2, 0.25) is 15.9 Å². The standard InChI is InChI=1S/C17H24N2O6S/c1-24-17(21)13-5-7-14(8-6-13)19(26(2,22)23)10-9-16(20)18-12-15-4-3-11-25-15/h5-8,15H,3-4,9-12H2,1-2H3,(H,18,20). The first-order valence-electron chi connectivity index (χ1n) is 8.35. The highest BCUT2D eigenvalue weighted by atomic mass is 32.2. The Bertz CT molecular complexity index is 726. The maximum atomic E-state index is 12.1. The van der Waals surface area contributed by atoms with E-state index in [1.165, 1.54) is 31.4 Å². The van der Waals surface area contributed by atoms with Crippen molar-refractivity contribution in [2.75, 3.05) is 37.4 Å². The van der Waals surface area contributed by atoms with Crippen LogP contribution < -0.4 is 9.62 Å². The summed E-state index contributed by atoms with van der Waals surface area (Å²) < 4.78 is 35.3. The first-order valence-corrected chi connectivity index (χ1v) is 10.2. The van der Waals surface area contributed by atoms with Gasteiger partial charge in [-0.3, -0.25) is 9.10 Å². The number of nitrogens with zero attached hydrogens (tertiary/aromatic N) is 1. The van der Waals surface area contributed by atoms with Crippen molar-refractivity contribution in [1.29, 1.82) is 0 Å². The molecule has 1 saturated heterocycles. The lowest BCUT2D eigenvalue weighted by Gasteiger charge is -2.22. The minimum absolute atomic E-state index is 0.00770. The van der Waals surface area contributed by atoms with Gasteiger partial charge in [-0.1, -0.05) is 0 Å². The Labute approximate surface area is 153 Å². The van der Waals surface area contributed by atoms with Gasteiger partial charge >= 0.3 is 5.97 Å². The highest BCUT2D eigenvalue weighted by Gasteiger charge is 2.20. The summed E-state index contributed by atoms with van der Waals surface area (Å²) in [5.74, 6) is -0.740. The number of nitrogens with one attached hydrogen (secondary N) is 1. The molecule has 1 fully saturated rings. The number of benzene rings is 1. The molecular formula is C17H24N2O6S. The van der Waals surface area contributed by atoms with Gasteiger partial charge < -0.3 is 14.8 Å². The Morgan fingerprint density at radius 1 is 1.31 bits per heavy atom. The molecule has 1 unspecified atom stereocenters. The van der Waals surface area contributed by atoms with Gasteiger partial charge in [-0.2, -0.15) is 0 Å². The van der Waals surface area contributed by atoms with Crippen LogP contribution in [0.1, 0.15) is 29.6 Å². The molecule has 1 aliphatic heterocycles. The maximum absolute atomic E-state index is 12.1. The molecule has 1 aromatic carbocycles. The molecule has 0 aliphatic carbocycles. The number of ether oxygens (including phenoxy) is 2. The van der Waals surface area contributed by atoms with Gasteiger partial charge in [0.15, 0.2) is 0 Å². The topological polar surface area (TPSA) is 102 Å². The molecule has 144 valence electrons. The fraction of sp³-hybridized carbons (Fsp3) is 0.529. The van der Waals surface area contributed by atoms with Crippen LogP contribution >= 0.6 is 0 Å². The molecule has 1 atom stereocenters. The number of carbonyl (C=O) groups is 2. The van der Waals surface area contributed by atoms with Gasteiger partial charge in [-0.15, -0.1) is 0 Å². The molecule has 0 saturated carbocycles. The molecule has 8 nitrogen and oxygen atoms in total. The Hall–Kier alpha value is -2.13. The SMILES string of the molecule is COC(=O)c1ccc(N(CCC(=O)NCC2CCCO2)S(C)(=O)=O)cc1. The van der Waals surface area contributed by atoms with Crippen molar-refractivity contribution in [3.63, 3.8) is 0 Å². The summed E-state index contributed by atoms with van der Waals surface area (Å²) in [5.41, 5.74) is 0.700. The molecule has 1 heterocycles. The van der Waals surface area contributed by atoms with Crippen LogP contribution in [0.2, 0.25) is 0 Å². The van der Waals surface area contributed by atoms with Crippen molar-refractivity contribution < 1.29 is 27.5 Å². The predicted molar refractivity (Wildman–Crippen MR) is 96.6 cm³/mol. The van der Waals surface area contributed by atoms with Crippen LogP contribution in [0.5, 0.6) is 0 Å². The fourth-order valence-corrected chi connectivity index (χ4v) is 3.62. The van der Waals surface area contributed by atoms with E-state index in [4.69, 9.17) is 4.74 Å². The Kier molecular flexibility index (Phi) is 6.98. The van der Waals surface area contributed by atoms with Gasteiger partial charge in [0.05, 0.1) is 30.7 Å². The molecule has 0 aromatic heterocycles. The fourth-order valence-electron chi connectivity index (χ4n) is 2.69. The lowest BCUT2D eigenvalue weighted by molar-refractivity contribution is -0.121. The number of rotatable bonds is 8. The molecule has 9 heteroatoms. The second-order valence-electron chi connectivity index (χ2n) is 6.06. The Balaban J connectivity index is 1.96. The highest BCUT2D eigenvalue weighted by molar-refractivity contribution is 7.92. The zero-order valence-corrected chi connectivity index (χ0v) is 15.8. The van der Waals surface area contributed by atoms with Gasteiger partial charge in [-0.05, 0) is 37.1 Å². The molecular weight excluding hydrogens is 360 g/mol. The molecule has 0 spiro atoms. The number of anilines is 1. The first kappa shape index (κ1) is 20.2. The van der Waals surface area contributed by atoms with E-state index in [1.807, 2.05) is 0 Å². The van der Waals surface area contributed by atoms with E-state index >= 15 is 0 Å². The second-order valence-corrected chi connectivity index (χ2v) is 7.97. The monoisotopic (exact) mass is 384 g/mol. The maximum Gasteiger partial charge on any atom is 0.337 e. The molecule has 26 heavy (non-hydrogen) atoms. The zero-order valence-electron chi connectivity index (χ0n) is 14.9. The van der Waals surface area contributed by atoms with E-state index in [9.17, 15) is 18.0 Å². The van der Waals surface area contributed by atoms with Crippen LogP contribution in [-0.4, -0.2) is 59.5 Å². The van der Waals surface area contributed by atoms with Crippen molar-refractivity contribution >= 4 is 27.6 Å². The third-order valence-electron chi connectivity index (χ3n) is 4.07. The van der Waals surface area contributed by atoms with E-state index in [0.29, 0.717) is 24.4 Å². The van der Waals surface area contributed by atoms with Crippen LogP contribution in [0, 0.1) is 0 Å². The summed E-state index contributed by atoms with van der Waals surface area (Å²) in [6, 6.07) is 5.99. The van der Waals surface area contributed by atoms with Crippen molar-refractivity contribution in [2.45, 2.75) is 25.4 Å². The summed E-state index contributed by atoms with van der Waals surface area (Å²) in [7, 11) is -2.30. The van der Waals surface area contributed by atoms with Gasteiger partial charge in [-0.25, -0.2) is 13.2 Å². The number of methoxy groups -OCH3 is 1. The normalized spacial score (nSPS) is 16.9. The number of hydrogen-bond donors (Lipinski definition) is 1. The van der Waals surface area contributed by atoms with Crippen LogP contribution in [-0.2, 0) is 24.3 Å². The Morgan fingerprint density at radius 3 is 2.54 bits per heavy atom. The van der Waals surface area contributed by atoms with Crippen LogP contribution in [0.4, 0.5) is 5.69 Å². The number of sulfonamides is 1. The van der Waals surface area contributed by atoms with E-state index in [-0.39, 0.29) is 25.0 Å². The van der Waals surface area contributed by atoms with Gasteiger partial charge in [0.1, 0.15) is 0 Å². The quantitative estimate of drug-likeness (QED) is 0.669. The largest absolute Gasteiger partial charge is 0.465 e. The van der Waals surface area contributed by atoms with E-state index in [1.54, 1.807) is 0 Å². The third-order valence-corrected chi connectivity index (χ3v) is 5.26. The lowest BCUT2D eigenvalue weighted by atomic mass is 10.2. The molecule has 1 N–H and O–H groups in total. The number of esters is 1. The van der Waals surface area contributed by atoms with Crippen molar-refractivity contribution in [2.24, 2.45) is 0 Å². The first-order chi connectivity index (χ1) is 12.3. The molecule has 1 amide bonds. The van der Waals surface area contributed by atoms with Crippen LogP contribution in [0.25, 0.3) is 0 Å². The summed E-state index contributed by atoms with van der Waals surface area (Å²) in [4.78, 5) is 23.5. The third kappa shape index (κ3) is 5.70. The zero-order chi connectivity index (χ0) is 19.2. The Morgan fingerprint density at radius 2 is 2.00 bits per heavy atom. The van der Waals surface area contributed by atoms with Crippen molar-refractivity contribution in [3.05, 3.63) is 29.8 Å². The average molecular weight is 384 g/mol. The van der Waals surface area contributed by atoms with Crippen LogP contribution in [0.15, 0.2) is 24.3 Å². The van der Waals surface area contributed by atoms with E-state index < -0.39 is 16.0 Å². The summed E-state index contributed by atoms with van der Waals surface area (Å²) in [6.45, 7) is 1.16. The summed E-state index contributed by atoms with van der Waals surface area (Å²) in [5, 5.41) is 2.77. The van der Waals surface area contributed by atoms with Gasteiger partial charge in [0, 0.05) is 26.1 Å². The number of hydrogen-bond acceptors (Lipinski definition) is 6. The van der Waals surface area contributed by atoms with Crippen LogP contribution in [0.3, 0.4) is 0 Å². The second kappa shape index (κ2) is 9.00. The molecule has 0 bridgehead atoms. The smallest absolute Gasteiger partial charge is 0.337 e. The predicted octanol–water partition coefficient (Wildman–Crippen LogP) is 0.924. The van der Waals surface area contributed by atoms with Gasteiger partial charge in [0.25, 0.3) is 0 Å². The summed E-state index contributed by atoms with van der Waals surface area (Å²) >= 11 is 0. The lowest BCUT2D eigenvalue weighted by Crippen LogP contribution is -2.36. The van der Waals surface area contributed by atoms with Crippen molar-refractivity contribution in [1.82, 2.24) is 5.32 Å². The molecule has 1 aliphatic rings. The summed E-state index contributed by atoms with van der Waals surface area (Å²) in [6.07, 6.45) is 3.05. The minimum Gasteiger partial charge on any atom is -0.465 e. The molecule has 2 rings (SSSR count). The van der Waals surface area contributed by atoms with Crippen molar-refractivity contribution in [3.8, 4) is 0 Å². The van der Waals surface area contributed by atoms with E-state index in [0.717, 1.165) is 23.4 Å².